The summed E-state index contributed by atoms with van der Waals surface area (Å²) >= 11 is 0. The molecule has 1 amide bonds. The number of imidazole rings is 1. The average Bonchev–Trinajstić information content (AvgIpc) is 3.28. The van der Waals surface area contributed by atoms with Crippen molar-refractivity contribution in [2.75, 3.05) is 13.7 Å². The van der Waals surface area contributed by atoms with Crippen molar-refractivity contribution in [1.29, 1.82) is 0 Å². The van der Waals surface area contributed by atoms with Crippen molar-refractivity contribution in [3.05, 3.63) is 53.7 Å². The maximum absolute atomic E-state index is 12.7. The summed E-state index contributed by atoms with van der Waals surface area (Å²) in [5, 5.41) is 11.3. The van der Waals surface area contributed by atoms with Crippen LogP contribution >= 0.6 is 0 Å². The molecule has 3 heterocycles. The normalized spacial score (nSPS) is 11.2. The van der Waals surface area contributed by atoms with Crippen LogP contribution in [0.4, 0.5) is 0 Å². The Morgan fingerprint density at radius 2 is 2.07 bits per heavy atom. The highest BCUT2D eigenvalue weighted by molar-refractivity contribution is 5.99. The Morgan fingerprint density at radius 3 is 2.86 bits per heavy atom. The molecule has 144 valence electrons. The Balaban J connectivity index is 1.48. The van der Waals surface area contributed by atoms with Crippen LogP contribution in [0.2, 0.25) is 0 Å². The largest absolute Gasteiger partial charge is 0.497 e. The van der Waals surface area contributed by atoms with Crippen LogP contribution in [0.15, 0.2) is 36.5 Å². The number of amides is 1. The lowest BCUT2D eigenvalue weighted by Gasteiger charge is -2.07. The van der Waals surface area contributed by atoms with Gasteiger partial charge in [-0.15, -0.1) is 10.2 Å². The molecule has 0 aliphatic rings. The van der Waals surface area contributed by atoms with Gasteiger partial charge in [-0.1, -0.05) is 6.92 Å². The fraction of sp³-hybridized carbons (Fsp3) is 0.300. The zero-order chi connectivity index (χ0) is 19.7. The Bertz CT molecular complexity index is 1160. The molecule has 0 saturated carbocycles. The molecule has 3 aromatic heterocycles. The summed E-state index contributed by atoms with van der Waals surface area (Å²) in [6.45, 7) is 2.48. The third-order valence-electron chi connectivity index (χ3n) is 4.88. The van der Waals surface area contributed by atoms with E-state index in [2.05, 4.69) is 20.5 Å². The number of nitrogens with zero attached hydrogens (tertiary/aromatic N) is 5. The number of benzene rings is 1. The number of methoxy groups -OCH3 is 1. The molecule has 0 aliphatic carbocycles. The molecule has 1 N–H and O–H groups in total. The van der Waals surface area contributed by atoms with Gasteiger partial charge in [0.25, 0.3) is 5.91 Å². The molecule has 28 heavy (non-hydrogen) atoms. The third kappa shape index (κ3) is 3.06. The number of hydrogen-bond donors (Lipinski definition) is 1. The van der Waals surface area contributed by atoms with Gasteiger partial charge in [0.05, 0.1) is 23.7 Å². The van der Waals surface area contributed by atoms with E-state index in [4.69, 9.17) is 4.74 Å². The summed E-state index contributed by atoms with van der Waals surface area (Å²) in [6, 6.07) is 9.41. The monoisotopic (exact) mass is 378 g/mol. The Hall–Kier alpha value is -3.42. The van der Waals surface area contributed by atoms with E-state index in [1.165, 1.54) is 0 Å². The van der Waals surface area contributed by atoms with Crippen molar-refractivity contribution >= 4 is 22.6 Å². The molecule has 0 fully saturated rings. The second-order valence-electron chi connectivity index (χ2n) is 6.53. The average molecular weight is 378 g/mol. The van der Waals surface area contributed by atoms with E-state index >= 15 is 0 Å². The van der Waals surface area contributed by atoms with E-state index in [9.17, 15) is 4.79 Å². The van der Waals surface area contributed by atoms with Crippen molar-refractivity contribution in [2.45, 2.75) is 19.8 Å². The van der Waals surface area contributed by atoms with Crippen LogP contribution in [0, 0.1) is 0 Å². The highest BCUT2D eigenvalue weighted by Gasteiger charge is 2.15. The Kier molecular flexibility index (Phi) is 4.68. The Labute approximate surface area is 162 Å². The molecular weight excluding hydrogens is 356 g/mol. The van der Waals surface area contributed by atoms with Gasteiger partial charge in [-0.25, -0.2) is 4.98 Å². The molecule has 0 bridgehead atoms. The fourth-order valence-electron chi connectivity index (χ4n) is 3.35. The molecule has 0 aliphatic heterocycles. The van der Waals surface area contributed by atoms with Gasteiger partial charge in [-0.05, 0) is 24.3 Å². The van der Waals surface area contributed by atoms with Crippen LogP contribution in [0.5, 0.6) is 5.75 Å². The van der Waals surface area contributed by atoms with Crippen LogP contribution in [-0.2, 0) is 19.9 Å². The molecular formula is C20H22N6O2. The van der Waals surface area contributed by atoms with Crippen molar-refractivity contribution < 1.29 is 9.53 Å². The van der Waals surface area contributed by atoms with Crippen molar-refractivity contribution in [1.82, 2.24) is 29.5 Å². The first kappa shape index (κ1) is 18.0. The summed E-state index contributed by atoms with van der Waals surface area (Å²) in [7, 11) is 3.61. The van der Waals surface area contributed by atoms with E-state index in [1.54, 1.807) is 13.2 Å². The summed E-state index contributed by atoms with van der Waals surface area (Å²) in [5.41, 5.74) is 3.00. The van der Waals surface area contributed by atoms with E-state index in [0.717, 1.165) is 34.9 Å². The molecule has 0 saturated heterocycles. The lowest BCUT2D eigenvalue weighted by molar-refractivity contribution is 0.0955. The number of aryl methyl sites for hydroxylation is 2. The van der Waals surface area contributed by atoms with Crippen molar-refractivity contribution in [3.8, 4) is 5.75 Å². The molecule has 1 aromatic carbocycles. The minimum Gasteiger partial charge on any atom is -0.497 e. The van der Waals surface area contributed by atoms with Gasteiger partial charge < -0.3 is 14.6 Å². The summed E-state index contributed by atoms with van der Waals surface area (Å²) in [5.74, 6) is 2.34. The quantitative estimate of drug-likeness (QED) is 0.556. The second kappa shape index (κ2) is 7.30. The first-order valence-corrected chi connectivity index (χ1v) is 9.22. The van der Waals surface area contributed by atoms with Crippen molar-refractivity contribution in [3.63, 3.8) is 0 Å². The molecule has 8 nitrogen and oxygen atoms in total. The molecule has 8 heteroatoms. The summed E-state index contributed by atoms with van der Waals surface area (Å²) in [4.78, 5) is 17.3. The molecule has 4 aromatic rings. The number of fused-ring (bicyclic) bond motifs is 2. The molecule has 0 radical (unpaired) electrons. The highest BCUT2D eigenvalue weighted by atomic mass is 16.5. The standard InChI is InChI=1S/C20H22N6O2/c1-4-17-23-24-19-14(6-5-11-26(17)19)20(27)21-10-9-18-22-15-12-13(28-3)7-8-16(15)25(18)2/h5-8,11-12H,4,9-10H2,1-3H3,(H,21,27). The highest BCUT2D eigenvalue weighted by Crippen LogP contribution is 2.21. The maximum Gasteiger partial charge on any atom is 0.255 e. The predicted molar refractivity (Wildman–Crippen MR) is 106 cm³/mol. The second-order valence-corrected chi connectivity index (χ2v) is 6.53. The zero-order valence-corrected chi connectivity index (χ0v) is 16.1. The molecule has 4 rings (SSSR count). The number of rotatable bonds is 6. The lowest BCUT2D eigenvalue weighted by Crippen LogP contribution is -2.27. The lowest BCUT2D eigenvalue weighted by atomic mass is 10.2. The first-order valence-electron chi connectivity index (χ1n) is 9.22. The third-order valence-corrected chi connectivity index (χ3v) is 4.88. The van der Waals surface area contributed by atoms with Gasteiger partial charge in [0.1, 0.15) is 17.4 Å². The van der Waals surface area contributed by atoms with Gasteiger partial charge in [0, 0.05) is 38.7 Å². The fourth-order valence-corrected chi connectivity index (χ4v) is 3.35. The minimum atomic E-state index is -0.166. The van der Waals surface area contributed by atoms with E-state index < -0.39 is 0 Å². The van der Waals surface area contributed by atoms with E-state index in [-0.39, 0.29) is 5.91 Å². The smallest absolute Gasteiger partial charge is 0.255 e. The maximum atomic E-state index is 12.7. The predicted octanol–water partition coefficient (Wildman–Crippen LogP) is 2.16. The van der Waals surface area contributed by atoms with Gasteiger partial charge in [-0.2, -0.15) is 0 Å². The van der Waals surface area contributed by atoms with E-state index in [0.29, 0.717) is 24.2 Å². The zero-order valence-electron chi connectivity index (χ0n) is 16.1. The van der Waals surface area contributed by atoms with Crippen molar-refractivity contribution in [2.24, 2.45) is 7.05 Å². The number of pyridine rings is 1. The van der Waals surface area contributed by atoms with Crippen LogP contribution in [-0.4, -0.2) is 43.7 Å². The number of ether oxygens (including phenoxy) is 1. The van der Waals surface area contributed by atoms with Gasteiger partial charge in [0.2, 0.25) is 0 Å². The number of hydrogen-bond acceptors (Lipinski definition) is 5. The van der Waals surface area contributed by atoms with Gasteiger partial charge >= 0.3 is 0 Å². The van der Waals surface area contributed by atoms with Gasteiger partial charge in [-0.3, -0.25) is 9.20 Å². The van der Waals surface area contributed by atoms with E-state index in [1.807, 2.05) is 53.4 Å². The SMILES string of the molecule is CCc1nnc2c(C(=O)NCCc3nc4cc(OC)ccc4n3C)cccn12. The van der Waals surface area contributed by atoms with Crippen LogP contribution in [0.1, 0.15) is 28.9 Å². The minimum absolute atomic E-state index is 0.166. The first-order chi connectivity index (χ1) is 13.6. The van der Waals surface area contributed by atoms with Crippen LogP contribution in [0.3, 0.4) is 0 Å². The topological polar surface area (TPSA) is 86.3 Å². The summed E-state index contributed by atoms with van der Waals surface area (Å²) < 4.78 is 9.15. The molecule has 0 unspecified atom stereocenters. The van der Waals surface area contributed by atoms with Crippen LogP contribution < -0.4 is 10.1 Å². The molecule has 0 spiro atoms. The summed E-state index contributed by atoms with van der Waals surface area (Å²) in [6.07, 6.45) is 3.25. The number of aromatic nitrogens is 5. The van der Waals surface area contributed by atoms with Crippen LogP contribution in [0.25, 0.3) is 16.7 Å². The number of carbonyl (C=O) groups excluding carboxylic acids is 1. The molecule has 0 atom stereocenters. The Morgan fingerprint density at radius 1 is 1.21 bits per heavy atom. The number of nitrogens with one attached hydrogen (secondary N) is 1. The van der Waals surface area contributed by atoms with Gasteiger partial charge in [0.15, 0.2) is 5.65 Å². The number of carbonyl (C=O) groups is 1.